The van der Waals surface area contributed by atoms with E-state index < -0.39 is 37.4 Å². The first-order valence-corrected chi connectivity index (χ1v) is 27.3. The first-order chi connectivity index (χ1) is 42.3. The average molecular weight is 1110 g/mol. The summed E-state index contributed by atoms with van der Waals surface area (Å²) >= 11 is 0. The molecule has 12 heterocycles. The first-order valence-electron chi connectivity index (χ1n) is 30.3. The van der Waals surface area contributed by atoms with Gasteiger partial charge in [0.1, 0.15) is 36.2 Å². The van der Waals surface area contributed by atoms with Gasteiger partial charge in [0.2, 0.25) is 12.1 Å². The van der Waals surface area contributed by atoms with Gasteiger partial charge in [0.15, 0.2) is 11.4 Å². The van der Waals surface area contributed by atoms with E-state index in [0.29, 0.717) is 60.3 Å². The highest BCUT2D eigenvalue weighted by molar-refractivity contribution is 6.11. The van der Waals surface area contributed by atoms with Crippen LogP contribution in [-0.4, -0.2) is 132 Å². The maximum absolute atomic E-state index is 15.7. The van der Waals surface area contributed by atoms with Crippen molar-refractivity contribution in [1.82, 2.24) is 59.1 Å². The standard InChI is InChI=1S/2C30H31FN9O/c2*1-17-28(38(3)36-34-17)20-7-8-22-24(14-20)40(25-15-21(16-33-26(22)25)29-18(2)35-37-39(29)4)30(19-9-12-41-13-10-19)27-23(31)6-5-11-32-27/h2*5-8,11,14-16,18-19,30H,9-10,12-13H2,1-4H3/q2*+1/i2*1D3. The van der Waals surface area contributed by atoms with Crippen molar-refractivity contribution in [3.8, 4) is 22.5 Å². The topological polar surface area (TPSA) is 197 Å². The number of rotatable bonds is 10. The normalized spacial score (nSPS) is 20.1. The second kappa shape index (κ2) is 21.3. The van der Waals surface area contributed by atoms with E-state index in [0.717, 1.165) is 92.1 Å². The summed E-state index contributed by atoms with van der Waals surface area (Å²) in [5, 5.41) is 34.8. The van der Waals surface area contributed by atoms with Gasteiger partial charge in [-0.1, -0.05) is 22.6 Å². The van der Waals surface area contributed by atoms with Gasteiger partial charge in [-0.15, -0.1) is 19.6 Å². The molecule has 22 heteroatoms. The molecule has 416 valence electrons. The molecule has 2 saturated heterocycles. The van der Waals surface area contributed by atoms with Crippen molar-refractivity contribution in [2.75, 3.05) is 40.5 Å². The van der Waals surface area contributed by atoms with E-state index >= 15 is 8.78 Å². The van der Waals surface area contributed by atoms with Crippen LogP contribution in [0.3, 0.4) is 0 Å². The van der Waals surface area contributed by atoms with Gasteiger partial charge in [-0.25, -0.2) is 18.1 Å². The summed E-state index contributed by atoms with van der Waals surface area (Å²) in [5.41, 5.74) is 10.7. The fourth-order valence-electron chi connectivity index (χ4n) is 12.7. The smallest absolute Gasteiger partial charge is 0.227 e. The molecule has 4 aliphatic rings. The van der Waals surface area contributed by atoms with Crippen LogP contribution >= 0.6 is 0 Å². The second-order valence-electron chi connectivity index (χ2n) is 21.3. The molecule has 2 aromatic carbocycles. The third-order valence-electron chi connectivity index (χ3n) is 16.4. The first kappa shape index (κ1) is 45.9. The summed E-state index contributed by atoms with van der Waals surface area (Å²) in [5.74, 6) is -0.755. The highest BCUT2D eigenvalue weighted by atomic mass is 19.1. The van der Waals surface area contributed by atoms with Crippen LogP contribution in [0.1, 0.15) is 93.7 Å². The lowest BCUT2D eigenvalue weighted by molar-refractivity contribution is -0.505. The molecule has 20 nitrogen and oxygen atoms in total. The van der Waals surface area contributed by atoms with Crippen LogP contribution in [0.5, 0.6) is 0 Å². The maximum Gasteiger partial charge on any atom is 0.227 e. The largest absolute Gasteiger partial charge is 0.381 e. The van der Waals surface area contributed by atoms with Gasteiger partial charge in [0.25, 0.3) is 0 Å². The van der Waals surface area contributed by atoms with E-state index in [4.69, 9.17) is 27.7 Å². The van der Waals surface area contributed by atoms with Gasteiger partial charge in [0, 0.05) is 117 Å². The van der Waals surface area contributed by atoms with Gasteiger partial charge < -0.3 is 18.6 Å². The minimum absolute atomic E-state index is 0.0151. The van der Waals surface area contributed by atoms with Crippen molar-refractivity contribution in [3.05, 3.63) is 143 Å². The molecule has 82 heavy (non-hydrogen) atoms. The number of hydrogen-bond donors (Lipinski definition) is 0. The molecule has 4 aliphatic heterocycles. The predicted octanol–water partition coefficient (Wildman–Crippen LogP) is 10.1. The third-order valence-corrected chi connectivity index (χ3v) is 16.4. The highest BCUT2D eigenvalue weighted by Crippen LogP contribution is 2.44. The summed E-state index contributed by atoms with van der Waals surface area (Å²) in [6, 6.07) is 20.4. The predicted molar refractivity (Wildman–Crippen MR) is 305 cm³/mol. The average Bonchev–Trinajstić information content (AvgIpc) is 1.60. The molecule has 0 saturated carbocycles. The molecule has 0 N–H and O–H groups in total. The Morgan fingerprint density at radius 1 is 0.561 bits per heavy atom. The molecule has 8 aromatic heterocycles. The Kier molecular flexibility index (Phi) is 11.9. The number of nitrogens with zero attached hydrogens (tertiary/aromatic N) is 18. The van der Waals surface area contributed by atoms with E-state index in [1.54, 1.807) is 48.0 Å². The number of hydrogen-bond acceptors (Lipinski definition) is 14. The molecule has 14 rings (SSSR count). The van der Waals surface area contributed by atoms with E-state index in [1.165, 1.54) is 21.5 Å². The third kappa shape index (κ3) is 9.03. The van der Waals surface area contributed by atoms with E-state index in [9.17, 15) is 0 Å². The summed E-state index contributed by atoms with van der Waals surface area (Å²) in [7, 11) is 7.05. The molecule has 0 amide bonds. The van der Waals surface area contributed by atoms with Crippen molar-refractivity contribution in [2.24, 2.45) is 46.6 Å². The quantitative estimate of drug-likeness (QED) is 0.119. The Hall–Kier alpha value is -8.76. The minimum atomic E-state index is -2.46. The molecule has 0 aliphatic carbocycles. The number of fused-ring (bicyclic) bond motifs is 6. The zero-order valence-electron chi connectivity index (χ0n) is 52.0. The number of aromatic nitrogens is 12. The van der Waals surface area contributed by atoms with E-state index in [-0.39, 0.29) is 35.3 Å². The van der Waals surface area contributed by atoms with Crippen LogP contribution in [0, 0.1) is 37.2 Å². The summed E-state index contributed by atoms with van der Waals surface area (Å²) in [4.78, 5) is 19.0. The van der Waals surface area contributed by atoms with Crippen LogP contribution in [0.15, 0.2) is 118 Å². The molecular formula is C60H62F2N18O2+2. The lowest BCUT2D eigenvalue weighted by atomic mass is 9.88. The molecule has 10 aromatic rings. The molecule has 0 spiro atoms. The van der Waals surface area contributed by atoms with Gasteiger partial charge >= 0.3 is 0 Å². The molecule has 4 atom stereocenters. The number of aryl methyl sites for hydroxylation is 4. The van der Waals surface area contributed by atoms with Crippen LogP contribution in [-0.2, 0) is 23.6 Å². The Bertz CT molecular complexity index is 4230. The highest BCUT2D eigenvalue weighted by Gasteiger charge is 2.37. The van der Waals surface area contributed by atoms with Gasteiger partial charge in [0.05, 0.1) is 79.3 Å². The molecule has 2 fully saturated rings. The molecular weight excluding hydrogens is 1040 g/mol. The zero-order valence-corrected chi connectivity index (χ0v) is 46.0. The molecule has 4 unspecified atom stereocenters. The zero-order chi connectivity index (χ0) is 61.5. The van der Waals surface area contributed by atoms with Crippen molar-refractivity contribution in [1.29, 1.82) is 0 Å². The Morgan fingerprint density at radius 3 is 1.35 bits per heavy atom. The van der Waals surface area contributed by atoms with Crippen LogP contribution in [0.4, 0.5) is 8.78 Å². The number of pyridine rings is 4. The number of benzene rings is 2. The fraction of sp³-hybridized carbons (Fsp3) is 0.367. The van der Waals surface area contributed by atoms with Crippen molar-refractivity contribution in [3.63, 3.8) is 0 Å². The van der Waals surface area contributed by atoms with Crippen molar-refractivity contribution in [2.45, 2.75) is 77.4 Å². The minimum Gasteiger partial charge on any atom is -0.381 e. The Morgan fingerprint density at radius 2 is 0.976 bits per heavy atom. The van der Waals surface area contributed by atoms with E-state index in [2.05, 4.69) is 72.5 Å². The fourth-order valence-corrected chi connectivity index (χ4v) is 12.7. The van der Waals surface area contributed by atoms with Crippen molar-refractivity contribution < 1.29 is 35.8 Å². The lowest BCUT2D eigenvalue weighted by Crippen LogP contribution is -2.28. The van der Waals surface area contributed by atoms with Gasteiger partial charge in [-0.2, -0.15) is 0 Å². The number of ether oxygens (including phenoxy) is 2. The number of halogens is 2. The summed E-state index contributed by atoms with van der Waals surface area (Å²) < 4.78 is 102. The lowest BCUT2D eigenvalue weighted by Gasteiger charge is -2.32. The Labute approximate surface area is 479 Å². The van der Waals surface area contributed by atoms with E-state index in [1.807, 2.05) is 76.7 Å². The summed E-state index contributed by atoms with van der Waals surface area (Å²) in [6.07, 6.45) is 9.76. The van der Waals surface area contributed by atoms with Crippen LogP contribution in [0.25, 0.3) is 66.4 Å². The van der Waals surface area contributed by atoms with Crippen LogP contribution < -0.4 is 0 Å². The van der Waals surface area contributed by atoms with Crippen LogP contribution in [0.2, 0.25) is 0 Å². The monoisotopic (exact) mass is 1110 g/mol. The second-order valence-corrected chi connectivity index (χ2v) is 21.3. The Balaban J connectivity index is 0.000000162. The molecule has 0 bridgehead atoms. The maximum atomic E-state index is 15.7. The SMILES string of the molecule is [2H]C([2H])([2H])c1nnn(C)c1-c1ccc2c3ncc(C4=[N+](C)N=NC4C)cc3n(C(c3ncccc3F)C3CCOCC3)c2c1.[2H]C([2H])([2H])c1nnn(C)c1-c1ccc2c3ncc(C4=[N+](C)N=NC4C)cc3n(C(c3ncccc3F)C3CCOCC3)c2c1. The van der Waals surface area contributed by atoms with Crippen molar-refractivity contribution >= 4 is 55.3 Å². The molecule has 0 radical (unpaired) electrons. The van der Waals surface area contributed by atoms with Gasteiger partial charge in [-0.05, 0) is 126 Å². The van der Waals surface area contributed by atoms with Gasteiger partial charge in [-0.3, -0.25) is 19.9 Å². The summed E-state index contributed by atoms with van der Waals surface area (Å²) in [6.45, 7) is 1.29.